The summed E-state index contributed by atoms with van der Waals surface area (Å²) >= 11 is 0. The summed E-state index contributed by atoms with van der Waals surface area (Å²) < 4.78 is 11.0. The molecular formula is C17H29NO2. The highest BCUT2D eigenvalue weighted by Gasteiger charge is 2.06. The molecule has 114 valence electrons. The van der Waals surface area contributed by atoms with Crippen molar-refractivity contribution in [2.45, 2.75) is 52.9 Å². The molecule has 0 aliphatic carbocycles. The summed E-state index contributed by atoms with van der Waals surface area (Å²) in [5.74, 6) is 0.593. The molecule has 0 spiro atoms. The molecule has 0 bridgehead atoms. The molecule has 1 aromatic carbocycles. The van der Waals surface area contributed by atoms with Gasteiger partial charge in [-0.1, -0.05) is 38.1 Å². The van der Waals surface area contributed by atoms with E-state index < -0.39 is 0 Å². The number of hydrogen-bond donors (Lipinski definition) is 1. The largest absolute Gasteiger partial charge is 0.353 e. The van der Waals surface area contributed by atoms with Gasteiger partial charge in [0.25, 0.3) is 0 Å². The second-order valence-electron chi connectivity index (χ2n) is 5.20. The Kier molecular flexibility index (Phi) is 8.51. The summed E-state index contributed by atoms with van der Waals surface area (Å²) in [7, 11) is 0. The molecule has 0 atom stereocenters. The average molecular weight is 279 g/mol. The molecule has 0 heterocycles. The summed E-state index contributed by atoms with van der Waals surface area (Å²) in [6.07, 6.45) is 0.798. The van der Waals surface area contributed by atoms with Crippen LogP contribution in [-0.4, -0.2) is 26.0 Å². The third kappa shape index (κ3) is 6.51. The molecule has 1 aromatic rings. The molecule has 3 heteroatoms. The van der Waals surface area contributed by atoms with Crippen LogP contribution in [0.3, 0.4) is 0 Å². The van der Waals surface area contributed by atoms with Gasteiger partial charge in [0.1, 0.15) is 0 Å². The van der Waals surface area contributed by atoms with Gasteiger partial charge in [0, 0.05) is 32.7 Å². The smallest absolute Gasteiger partial charge is 0.158 e. The molecular weight excluding hydrogens is 250 g/mol. The van der Waals surface area contributed by atoms with E-state index >= 15 is 0 Å². The molecule has 1 N–H and O–H groups in total. The lowest BCUT2D eigenvalue weighted by Crippen LogP contribution is -2.24. The highest BCUT2D eigenvalue weighted by molar-refractivity contribution is 5.24. The van der Waals surface area contributed by atoms with Crippen LogP contribution in [0.4, 0.5) is 0 Å². The third-order valence-corrected chi connectivity index (χ3v) is 3.24. The monoisotopic (exact) mass is 279 g/mol. The number of benzene rings is 1. The van der Waals surface area contributed by atoms with E-state index in [9.17, 15) is 0 Å². The maximum Gasteiger partial charge on any atom is 0.158 e. The Morgan fingerprint density at radius 2 is 1.60 bits per heavy atom. The van der Waals surface area contributed by atoms with Crippen LogP contribution in [0.5, 0.6) is 0 Å². The van der Waals surface area contributed by atoms with E-state index in [1.807, 2.05) is 13.8 Å². The zero-order valence-corrected chi connectivity index (χ0v) is 13.3. The SMILES string of the molecule is CCOC(CCNCc1ccc(C(C)C)cc1)OCC. The highest BCUT2D eigenvalue weighted by Crippen LogP contribution is 2.14. The van der Waals surface area contributed by atoms with Gasteiger partial charge in [-0.15, -0.1) is 0 Å². The minimum absolute atomic E-state index is 0.0826. The first-order chi connectivity index (χ1) is 9.67. The number of hydrogen-bond acceptors (Lipinski definition) is 3. The summed E-state index contributed by atoms with van der Waals surface area (Å²) in [5, 5.41) is 3.44. The molecule has 0 aliphatic rings. The minimum Gasteiger partial charge on any atom is -0.353 e. The average Bonchev–Trinajstić information content (AvgIpc) is 2.44. The summed E-state index contributed by atoms with van der Waals surface area (Å²) in [6.45, 7) is 11.6. The van der Waals surface area contributed by atoms with E-state index in [1.54, 1.807) is 0 Å². The van der Waals surface area contributed by atoms with E-state index in [0.717, 1.165) is 19.5 Å². The van der Waals surface area contributed by atoms with E-state index in [4.69, 9.17) is 9.47 Å². The van der Waals surface area contributed by atoms with Gasteiger partial charge in [-0.2, -0.15) is 0 Å². The maximum absolute atomic E-state index is 5.51. The lowest BCUT2D eigenvalue weighted by atomic mass is 10.0. The van der Waals surface area contributed by atoms with Crippen molar-refractivity contribution >= 4 is 0 Å². The van der Waals surface area contributed by atoms with Crippen molar-refractivity contribution < 1.29 is 9.47 Å². The van der Waals surface area contributed by atoms with Crippen LogP contribution in [0.1, 0.15) is 51.2 Å². The van der Waals surface area contributed by atoms with E-state index in [0.29, 0.717) is 19.1 Å². The summed E-state index contributed by atoms with van der Waals surface area (Å²) in [6, 6.07) is 8.82. The normalized spacial score (nSPS) is 11.5. The summed E-state index contributed by atoms with van der Waals surface area (Å²) in [4.78, 5) is 0. The number of nitrogens with one attached hydrogen (secondary N) is 1. The molecule has 0 radical (unpaired) electrons. The van der Waals surface area contributed by atoms with E-state index in [2.05, 4.69) is 43.4 Å². The van der Waals surface area contributed by atoms with Crippen molar-refractivity contribution in [1.29, 1.82) is 0 Å². The Bertz CT molecular complexity index is 343. The van der Waals surface area contributed by atoms with Gasteiger partial charge in [0.2, 0.25) is 0 Å². The molecule has 1 rings (SSSR count). The van der Waals surface area contributed by atoms with Crippen molar-refractivity contribution in [2.24, 2.45) is 0 Å². The van der Waals surface area contributed by atoms with Crippen LogP contribution >= 0.6 is 0 Å². The van der Waals surface area contributed by atoms with E-state index in [1.165, 1.54) is 11.1 Å². The lowest BCUT2D eigenvalue weighted by Gasteiger charge is -2.17. The fraction of sp³-hybridized carbons (Fsp3) is 0.647. The van der Waals surface area contributed by atoms with Crippen LogP contribution in [0.15, 0.2) is 24.3 Å². The van der Waals surface area contributed by atoms with Gasteiger partial charge in [-0.25, -0.2) is 0 Å². The fourth-order valence-electron chi connectivity index (χ4n) is 2.06. The van der Waals surface area contributed by atoms with Gasteiger partial charge in [-0.05, 0) is 30.9 Å². The Morgan fingerprint density at radius 1 is 1.00 bits per heavy atom. The topological polar surface area (TPSA) is 30.5 Å². The third-order valence-electron chi connectivity index (χ3n) is 3.24. The molecule has 3 nitrogen and oxygen atoms in total. The molecule has 20 heavy (non-hydrogen) atoms. The van der Waals surface area contributed by atoms with Crippen molar-refractivity contribution in [3.8, 4) is 0 Å². The zero-order chi connectivity index (χ0) is 14.8. The van der Waals surface area contributed by atoms with Gasteiger partial charge in [0.05, 0.1) is 0 Å². The number of rotatable bonds is 10. The molecule has 0 saturated carbocycles. The quantitative estimate of drug-likeness (QED) is 0.523. The Balaban J connectivity index is 2.26. The second-order valence-corrected chi connectivity index (χ2v) is 5.20. The zero-order valence-electron chi connectivity index (χ0n) is 13.3. The van der Waals surface area contributed by atoms with Crippen LogP contribution < -0.4 is 5.32 Å². The van der Waals surface area contributed by atoms with Crippen molar-refractivity contribution in [3.05, 3.63) is 35.4 Å². The standard InChI is InChI=1S/C17H29NO2/c1-5-19-17(20-6-2)11-12-18-13-15-7-9-16(10-8-15)14(3)4/h7-10,14,17-18H,5-6,11-13H2,1-4H3. The fourth-order valence-corrected chi connectivity index (χ4v) is 2.06. The Labute approximate surface area is 123 Å². The van der Waals surface area contributed by atoms with Gasteiger partial charge >= 0.3 is 0 Å². The van der Waals surface area contributed by atoms with E-state index in [-0.39, 0.29) is 6.29 Å². The van der Waals surface area contributed by atoms with Gasteiger partial charge < -0.3 is 14.8 Å². The predicted molar refractivity (Wildman–Crippen MR) is 83.9 cm³/mol. The molecule has 0 amide bonds. The maximum atomic E-state index is 5.51. The molecule has 0 unspecified atom stereocenters. The second kappa shape index (κ2) is 9.92. The Hall–Kier alpha value is -0.900. The lowest BCUT2D eigenvalue weighted by molar-refractivity contribution is -0.138. The highest BCUT2D eigenvalue weighted by atomic mass is 16.7. The van der Waals surface area contributed by atoms with Crippen LogP contribution in [0, 0.1) is 0 Å². The minimum atomic E-state index is -0.0826. The van der Waals surface area contributed by atoms with Crippen LogP contribution in [-0.2, 0) is 16.0 Å². The molecule has 0 aromatic heterocycles. The number of ether oxygens (including phenoxy) is 2. The Morgan fingerprint density at radius 3 is 2.10 bits per heavy atom. The van der Waals surface area contributed by atoms with Gasteiger partial charge in [0.15, 0.2) is 6.29 Å². The van der Waals surface area contributed by atoms with Crippen molar-refractivity contribution in [1.82, 2.24) is 5.32 Å². The van der Waals surface area contributed by atoms with Crippen molar-refractivity contribution in [2.75, 3.05) is 19.8 Å². The van der Waals surface area contributed by atoms with Crippen LogP contribution in [0.25, 0.3) is 0 Å². The summed E-state index contributed by atoms with van der Waals surface area (Å²) in [5.41, 5.74) is 2.71. The van der Waals surface area contributed by atoms with Crippen LogP contribution in [0.2, 0.25) is 0 Å². The van der Waals surface area contributed by atoms with Gasteiger partial charge in [-0.3, -0.25) is 0 Å². The molecule has 0 saturated heterocycles. The molecule has 0 aliphatic heterocycles. The molecule has 0 fully saturated rings. The van der Waals surface area contributed by atoms with Crippen molar-refractivity contribution in [3.63, 3.8) is 0 Å². The first-order valence-corrected chi connectivity index (χ1v) is 7.70. The predicted octanol–water partition coefficient (Wildman–Crippen LogP) is 3.69. The first kappa shape index (κ1) is 17.2. The first-order valence-electron chi connectivity index (χ1n) is 7.70.